The highest BCUT2D eigenvalue weighted by Gasteiger charge is 2.30. The molecule has 0 amide bonds. The molecule has 1 aromatic carbocycles. The molecule has 6 nitrogen and oxygen atoms in total. The van der Waals surface area contributed by atoms with Crippen LogP contribution < -0.4 is 15.4 Å². The fourth-order valence-electron chi connectivity index (χ4n) is 2.84. The van der Waals surface area contributed by atoms with Gasteiger partial charge >= 0.3 is 6.18 Å². The molecule has 0 aromatic heterocycles. The van der Waals surface area contributed by atoms with E-state index in [9.17, 15) is 13.2 Å². The molecule has 0 atom stereocenters. The van der Waals surface area contributed by atoms with Gasteiger partial charge in [0.2, 0.25) is 0 Å². The van der Waals surface area contributed by atoms with Gasteiger partial charge in [-0.3, -0.25) is 4.99 Å². The Morgan fingerprint density at radius 1 is 1.10 bits per heavy atom. The third-order valence-corrected chi connectivity index (χ3v) is 4.52. The van der Waals surface area contributed by atoms with E-state index in [1.165, 1.54) is 12.1 Å². The molecule has 0 radical (unpaired) electrons. The first-order chi connectivity index (χ1) is 14.0. The van der Waals surface area contributed by atoms with Crippen molar-refractivity contribution in [3.8, 4) is 5.75 Å². The maximum atomic E-state index is 12.5. The summed E-state index contributed by atoms with van der Waals surface area (Å²) in [5.41, 5.74) is -0.690. The highest BCUT2D eigenvalue weighted by Crippen LogP contribution is 2.30. The van der Waals surface area contributed by atoms with Crippen LogP contribution in [-0.4, -0.2) is 59.1 Å². The van der Waals surface area contributed by atoms with Gasteiger partial charge in [-0.15, -0.1) is 0 Å². The number of guanidine groups is 1. The van der Waals surface area contributed by atoms with E-state index in [4.69, 9.17) is 14.2 Å². The average molecular weight is 417 g/mol. The molecule has 29 heavy (non-hydrogen) atoms. The van der Waals surface area contributed by atoms with Crippen LogP contribution >= 0.6 is 0 Å². The Labute approximate surface area is 169 Å². The summed E-state index contributed by atoms with van der Waals surface area (Å²) in [5.74, 6) is 1.64. The van der Waals surface area contributed by atoms with Gasteiger partial charge in [-0.25, -0.2) is 0 Å². The normalized spacial score (nSPS) is 15.9. The van der Waals surface area contributed by atoms with Crippen molar-refractivity contribution in [3.05, 3.63) is 29.8 Å². The van der Waals surface area contributed by atoms with Crippen LogP contribution in [0.5, 0.6) is 5.75 Å². The van der Waals surface area contributed by atoms with Crippen molar-refractivity contribution in [2.24, 2.45) is 10.9 Å². The Hall–Kier alpha value is -2.00. The Kier molecular flexibility index (Phi) is 10.1. The molecule has 1 aliphatic heterocycles. The van der Waals surface area contributed by atoms with E-state index in [1.807, 2.05) is 0 Å². The van der Waals surface area contributed by atoms with Crippen LogP contribution in [0.1, 0.15) is 24.8 Å². The van der Waals surface area contributed by atoms with Gasteiger partial charge in [0.1, 0.15) is 12.4 Å². The molecule has 0 unspecified atom stereocenters. The molecular weight excluding hydrogens is 387 g/mol. The highest BCUT2D eigenvalue weighted by molar-refractivity contribution is 5.79. The zero-order chi connectivity index (χ0) is 21.0. The summed E-state index contributed by atoms with van der Waals surface area (Å²) in [6, 6.07) is 4.65. The topological polar surface area (TPSA) is 64.1 Å². The number of hydrogen-bond acceptors (Lipinski definition) is 4. The fourth-order valence-corrected chi connectivity index (χ4v) is 2.84. The van der Waals surface area contributed by atoms with Crippen LogP contribution in [0.4, 0.5) is 13.2 Å². The van der Waals surface area contributed by atoms with Gasteiger partial charge in [0.25, 0.3) is 0 Å². The van der Waals surface area contributed by atoms with E-state index in [0.717, 1.165) is 57.8 Å². The Balaban J connectivity index is 1.51. The van der Waals surface area contributed by atoms with Crippen molar-refractivity contribution in [3.63, 3.8) is 0 Å². The first-order valence-electron chi connectivity index (χ1n) is 9.89. The quantitative estimate of drug-likeness (QED) is 0.348. The van der Waals surface area contributed by atoms with E-state index in [-0.39, 0.29) is 0 Å². The van der Waals surface area contributed by atoms with Crippen molar-refractivity contribution >= 4 is 5.96 Å². The summed E-state index contributed by atoms with van der Waals surface area (Å²) in [4.78, 5) is 4.12. The lowest BCUT2D eigenvalue weighted by molar-refractivity contribution is -0.137. The molecule has 0 spiro atoms. The molecule has 1 aliphatic rings. The second-order valence-corrected chi connectivity index (χ2v) is 6.78. The second kappa shape index (κ2) is 12.5. The predicted octanol–water partition coefficient (Wildman–Crippen LogP) is 3.08. The average Bonchev–Trinajstić information content (AvgIpc) is 2.72. The number of rotatable bonds is 10. The van der Waals surface area contributed by atoms with Crippen molar-refractivity contribution in [1.29, 1.82) is 0 Å². The van der Waals surface area contributed by atoms with Gasteiger partial charge in [0.15, 0.2) is 5.96 Å². The number of nitrogens with zero attached hydrogens (tertiary/aromatic N) is 1. The standard InChI is InChI=1S/C20H30F3N3O3/c1-24-19(25-9-2-11-28-15-16-7-12-27-13-8-16)26-10-14-29-18-5-3-17(4-6-18)20(21,22)23/h3-6,16H,2,7-15H2,1H3,(H2,24,25,26). The fraction of sp³-hybridized carbons (Fsp3) is 0.650. The van der Waals surface area contributed by atoms with Crippen molar-refractivity contribution in [2.75, 3.05) is 53.2 Å². The molecule has 0 bridgehead atoms. The molecule has 2 rings (SSSR count). The first kappa shape index (κ1) is 23.3. The van der Waals surface area contributed by atoms with E-state index < -0.39 is 11.7 Å². The molecule has 1 fully saturated rings. The van der Waals surface area contributed by atoms with Crippen molar-refractivity contribution in [1.82, 2.24) is 10.6 Å². The molecule has 1 saturated heterocycles. The van der Waals surface area contributed by atoms with Crippen LogP contribution in [0, 0.1) is 5.92 Å². The van der Waals surface area contributed by atoms with E-state index in [0.29, 0.717) is 37.4 Å². The minimum Gasteiger partial charge on any atom is -0.492 e. The van der Waals surface area contributed by atoms with E-state index in [1.54, 1.807) is 7.05 Å². The van der Waals surface area contributed by atoms with Gasteiger partial charge in [-0.2, -0.15) is 13.2 Å². The number of nitrogens with one attached hydrogen (secondary N) is 2. The van der Waals surface area contributed by atoms with Gasteiger partial charge in [-0.05, 0) is 49.4 Å². The molecule has 1 heterocycles. The third-order valence-electron chi connectivity index (χ3n) is 4.52. The SMILES string of the molecule is CN=C(NCCCOCC1CCOCC1)NCCOc1ccc(C(F)(F)F)cc1. The van der Waals surface area contributed by atoms with E-state index in [2.05, 4.69) is 15.6 Å². The largest absolute Gasteiger partial charge is 0.492 e. The van der Waals surface area contributed by atoms with Crippen LogP contribution in [-0.2, 0) is 15.7 Å². The lowest BCUT2D eigenvalue weighted by atomic mass is 10.0. The maximum absolute atomic E-state index is 12.5. The maximum Gasteiger partial charge on any atom is 0.416 e. The number of benzene rings is 1. The summed E-state index contributed by atoms with van der Waals surface area (Å²) in [7, 11) is 1.67. The number of ether oxygens (including phenoxy) is 3. The summed E-state index contributed by atoms with van der Waals surface area (Å²) < 4.78 is 54.1. The summed E-state index contributed by atoms with van der Waals surface area (Å²) in [6.07, 6.45) is -1.33. The smallest absolute Gasteiger partial charge is 0.416 e. The Morgan fingerprint density at radius 2 is 1.79 bits per heavy atom. The molecule has 2 N–H and O–H groups in total. The lowest BCUT2D eigenvalue weighted by Crippen LogP contribution is -2.39. The van der Waals surface area contributed by atoms with Crippen molar-refractivity contribution < 1.29 is 27.4 Å². The Morgan fingerprint density at radius 3 is 2.45 bits per heavy atom. The molecule has 0 saturated carbocycles. The molecule has 1 aromatic rings. The summed E-state index contributed by atoms with van der Waals surface area (Å²) in [5, 5.41) is 6.29. The van der Waals surface area contributed by atoms with Crippen LogP contribution in [0.15, 0.2) is 29.3 Å². The zero-order valence-corrected chi connectivity index (χ0v) is 16.8. The summed E-state index contributed by atoms with van der Waals surface area (Å²) in [6.45, 7) is 4.66. The molecule has 164 valence electrons. The van der Waals surface area contributed by atoms with Gasteiger partial charge in [0.05, 0.1) is 12.1 Å². The van der Waals surface area contributed by atoms with E-state index >= 15 is 0 Å². The molecule has 9 heteroatoms. The minimum absolute atomic E-state index is 0.306. The highest BCUT2D eigenvalue weighted by atomic mass is 19.4. The number of halogens is 3. The third kappa shape index (κ3) is 9.36. The monoisotopic (exact) mass is 417 g/mol. The Bertz CT molecular complexity index is 603. The van der Waals surface area contributed by atoms with Gasteiger partial charge < -0.3 is 24.8 Å². The van der Waals surface area contributed by atoms with Crippen LogP contribution in [0.2, 0.25) is 0 Å². The minimum atomic E-state index is -4.34. The molecular formula is C20H30F3N3O3. The number of aliphatic imine (C=N–C) groups is 1. The molecule has 0 aliphatic carbocycles. The van der Waals surface area contributed by atoms with Crippen LogP contribution in [0.3, 0.4) is 0 Å². The zero-order valence-electron chi connectivity index (χ0n) is 16.8. The number of hydrogen-bond donors (Lipinski definition) is 2. The van der Waals surface area contributed by atoms with Gasteiger partial charge in [0, 0.05) is 40.0 Å². The predicted molar refractivity (Wildman–Crippen MR) is 105 cm³/mol. The van der Waals surface area contributed by atoms with Crippen LogP contribution in [0.25, 0.3) is 0 Å². The van der Waals surface area contributed by atoms with Gasteiger partial charge in [-0.1, -0.05) is 0 Å². The number of alkyl halides is 3. The lowest BCUT2D eigenvalue weighted by Gasteiger charge is -2.21. The summed E-state index contributed by atoms with van der Waals surface area (Å²) >= 11 is 0. The van der Waals surface area contributed by atoms with Crippen molar-refractivity contribution in [2.45, 2.75) is 25.4 Å². The first-order valence-corrected chi connectivity index (χ1v) is 9.89. The second-order valence-electron chi connectivity index (χ2n) is 6.78.